The molecule has 1 amide bonds. The highest BCUT2D eigenvalue weighted by molar-refractivity contribution is 5.79. The van der Waals surface area contributed by atoms with Crippen molar-refractivity contribution in [3.8, 4) is 0 Å². The number of ether oxygens (including phenoxy) is 4. The van der Waals surface area contributed by atoms with Crippen LogP contribution >= 0.6 is 0 Å². The predicted octanol–water partition coefficient (Wildman–Crippen LogP) is 4.56. The molecular formula is C32H49N3O7. The molecule has 0 aromatic heterocycles. The Hall–Kier alpha value is -2.69. The number of rotatable bonds is 9. The lowest BCUT2D eigenvalue weighted by Crippen LogP contribution is -2.69. The van der Waals surface area contributed by atoms with Crippen molar-refractivity contribution in [3.05, 3.63) is 35.9 Å². The number of benzene rings is 1. The van der Waals surface area contributed by atoms with Crippen molar-refractivity contribution >= 4 is 18.0 Å². The van der Waals surface area contributed by atoms with Crippen molar-refractivity contribution in [2.75, 3.05) is 45.9 Å². The molecule has 1 saturated carbocycles. The Balaban J connectivity index is 1.52. The van der Waals surface area contributed by atoms with Crippen LogP contribution in [0.25, 0.3) is 0 Å². The summed E-state index contributed by atoms with van der Waals surface area (Å²) in [6.07, 6.45) is 4.68. The third-order valence-corrected chi connectivity index (χ3v) is 8.21. The molecule has 3 aliphatic rings. The fourth-order valence-corrected chi connectivity index (χ4v) is 6.14. The summed E-state index contributed by atoms with van der Waals surface area (Å²) in [5.41, 5.74) is 0.234. The van der Waals surface area contributed by atoms with Gasteiger partial charge in [0.1, 0.15) is 12.2 Å². The quantitative estimate of drug-likeness (QED) is 0.304. The standard InChI is InChI=1S/C32H49N3O7/c1-5-39-28(36)26-14-16-27(17-15-26)41-32(34-19-9-10-20-34,29(37)42-31(2,3)4)35-21-11-18-33(22-23-35)30(38)40-24-25-12-7-6-8-13-25/h6-8,12-13,26-27H,5,9-11,14-24H2,1-4H3. The van der Waals surface area contributed by atoms with Gasteiger partial charge in [-0.2, -0.15) is 0 Å². The predicted molar refractivity (Wildman–Crippen MR) is 157 cm³/mol. The summed E-state index contributed by atoms with van der Waals surface area (Å²) in [5, 5.41) is 0. The van der Waals surface area contributed by atoms with Crippen molar-refractivity contribution in [1.29, 1.82) is 0 Å². The van der Waals surface area contributed by atoms with Crippen molar-refractivity contribution in [2.24, 2.45) is 5.92 Å². The van der Waals surface area contributed by atoms with Crippen LogP contribution in [0.4, 0.5) is 4.79 Å². The number of carbonyl (C=O) groups excluding carboxylic acids is 3. The molecule has 1 aliphatic carbocycles. The lowest BCUT2D eigenvalue weighted by Gasteiger charge is -2.49. The molecule has 0 radical (unpaired) electrons. The summed E-state index contributed by atoms with van der Waals surface area (Å²) in [5.74, 6) is -2.11. The maximum atomic E-state index is 14.3. The van der Waals surface area contributed by atoms with Gasteiger partial charge in [-0.05, 0) is 78.2 Å². The van der Waals surface area contributed by atoms with Gasteiger partial charge in [0.2, 0.25) is 0 Å². The summed E-state index contributed by atoms with van der Waals surface area (Å²) in [6, 6.07) is 9.64. The Labute approximate surface area is 250 Å². The molecule has 0 spiro atoms. The molecular weight excluding hydrogens is 538 g/mol. The summed E-state index contributed by atoms with van der Waals surface area (Å²) in [4.78, 5) is 45.6. The molecule has 2 aliphatic heterocycles. The van der Waals surface area contributed by atoms with Gasteiger partial charge in [-0.1, -0.05) is 30.3 Å². The lowest BCUT2D eigenvalue weighted by atomic mass is 9.87. The molecule has 42 heavy (non-hydrogen) atoms. The van der Waals surface area contributed by atoms with Gasteiger partial charge in [-0.15, -0.1) is 0 Å². The van der Waals surface area contributed by atoms with E-state index in [0.717, 1.165) is 31.5 Å². The Morgan fingerprint density at radius 1 is 0.810 bits per heavy atom. The number of likely N-dealkylation sites (tertiary alicyclic amines) is 1. The fourth-order valence-electron chi connectivity index (χ4n) is 6.14. The van der Waals surface area contributed by atoms with Gasteiger partial charge in [-0.3, -0.25) is 14.6 Å². The Morgan fingerprint density at radius 2 is 1.45 bits per heavy atom. The zero-order chi connectivity index (χ0) is 30.2. The van der Waals surface area contributed by atoms with Crippen LogP contribution in [0.3, 0.4) is 0 Å². The highest BCUT2D eigenvalue weighted by atomic mass is 16.6. The molecule has 234 valence electrons. The van der Waals surface area contributed by atoms with E-state index in [0.29, 0.717) is 64.9 Å². The summed E-state index contributed by atoms with van der Waals surface area (Å²) >= 11 is 0. The topological polar surface area (TPSA) is 97.8 Å². The van der Waals surface area contributed by atoms with Crippen LogP contribution in [-0.2, 0) is 35.1 Å². The molecule has 1 aromatic carbocycles. The van der Waals surface area contributed by atoms with Crippen molar-refractivity contribution in [3.63, 3.8) is 0 Å². The van der Waals surface area contributed by atoms with E-state index in [1.165, 1.54) is 0 Å². The minimum Gasteiger partial charge on any atom is -0.466 e. The normalized spacial score (nSPS) is 24.0. The molecule has 10 nitrogen and oxygen atoms in total. The van der Waals surface area contributed by atoms with Crippen LogP contribution in [0.1, 0.15) is 78.2 Å². The van der Waals surface area contributed by atoms with E-state index in [1.54, 1.807) is 4.90 Å². The number of hydrogen-bond acceptors (Lipinski definition) is 9. The lowest BCUT2D eigenvalue weighted by molar-refractivity contribution is -0.277. The monoisotopic (exact) mass is 587 g/mol. The molecule has 3 fully saturated rings. The summed E-state index contributed by atoms with van der Waals surface area (Å²) < 4.78 is 23.9. The number of hydrogen-bond donors (Lipinski definition) is 0. The maximum Gasteiger partial charge on any atom is 0.410 e. The number of amides is 1. The van der Waals surface area contributed by atoms with Gasteiger partial charge in [0, 0.05) is 39.3 Å². The van der Waals surface area contributed by atoms with E-state index in [1.807, 2.05) is 58.0 Å². The number of carbonyl (C=O) groups is 3. The van der Waals surface area contributed by atoms with E-state index in [4.69, 9.17) is 18.9 Å². The van der Waals surface area contributed by atoms with E-state index >= 15 is 0 Å². The second-order valence-corrected chi connectivity index (χ2v) is 12.5. The number of nitrogens with zero attached hydrogens (tertiary/aromatic N) is 3. The van der Waals surface area contributed by atoms with Crippen molar-refractivity contribution < 1.29 is 33.3 Å². The third kappa shape index (κ3) is 8.23. The van der Waals surface area contributed by atoms with E-state index in [9.17, 15) is 14.4 Å². The zero-order valence-electron chi connectivity index (χ0n) is 25.8. The average Bonchev–Trinajstić information content (AvgIpc) is 3.39. The number of esters is 2. The first kappa shape index (κ1) is 32.2. The first-order chi connectivity index (χ1) is 20.1. The third-order valence-electron chi connectivity index (χ3n) is 8.21. The minimum absolute atomic E-state index is 0.138. The van der Waals surface area contributed by atoms with Crippen LogP contribution in [-0.4, -0.2) is 96.2 Å². The summed E-state index contributed by atoms with van der Waals surface area (Å²) in [7, 11) is 0. The van der Waals surface area contributed by atoms with Crippen LogP contribution in [0.5, 0.6) is 0 Å². The fraction of sp³-hybridized carbons (Fsp3) is 0.719. The molecule has 0 bridgehead atoms. The van der Waals surface area contributed by atoms with E-state index in [-0.39, 0.29) is 30.7 Å². The SMILES string of the molecule is CCOC(=O)C1CCC(OC(C(=O)OC(C)(C)C)(N2CCCC2)N2CCCN(C(=O)OCc3ccccc3)CC2)CC1. The largest absolute Gasteiger partial charge is 0.466 e. The zero-order valence-corrected chi connectivity index (χ0v) is 25.8. The average molecular weight is 588 g/mol. The molecule has 1 unspecified atom stereocenters. The van der Waals surface area contributed by atoms with Gasteiger partial charge in [0.25, 0.3) is 5.85 Å². The van der Waals surface area contributed by atoms with Crippen LogP contribution in [0.15, 0.2) is 30.3 Å². The van der Waals surface area contributed by atoms with Gasteiger partial charge in [0.05, 0.1) is 18.6 Å². The molecule has 2 saturated heterocycles. The molecule has 1 aromatic rings. The molecule has 0 N–H and O–H groups in total. The maximum absolute atomic E-state index is 14.3. The molecule has 4 rings (SSSR count). The van der Waals surface area contributed by atoms with Gasteiger partial charge in [0.15, 0.2) is 0 Å². The highest BCUT2D eigenvalue weighted by Gasteiger charge is 2.55. The summed E-state index contributed by atoms with van der Waals surface area (Å²) in [6.45, 7) is 11.4. The molecule has 2 heterocycles. The first-order valence-electron chi connectivity index (χ1n) is 15.7. The van der Waals surface area contributed by atoms with Gasteiger partial charge < -0.3 is 23.8 Å². The van der Waals surface area contributed by atoms with E-state index in [2.05, 4.69) is 9.80 Å². The smallest absolute Gasteiger partial charge is 0.410 e. The van der Waals surface area contributed by atoms with Gasteiger partial charge in [-0.25, -0.2) is 9.59 Å². The van der Waals surface area contributed by atoms with Crippen molar-refractivity contribution in [1.82, 2.24) is 14.7 Å². The molecule has 10 heteroatoms. The van der Waals surface area contributed by atoms with Gasteiger partial charge >= 0.3 is 18.0 Å². The van der Waals surface area contributed by atoms with Crippen molar-refractivity contribution in [2.45, 2.75) is 96.8 Å². The second-order valence-electron chi connectivity index (χ2n) is 12.5. The molecule has 1 atom stereocenters. The van der Waals surface area contributed by atoms with Crippen LogP contribution in [0, 0.1) is 5.92 Å². The Morgan fingerprint density at radius 3 is 2.10 bits per heavy atom. The highest BCUT2D eigenvalue weighted by Crippen LogP contribution is 2.37. The van der Waals surface area contributed by atoms with Crippen LogP contribution in [0.2, 0.25) is 0 Å². The van der Waals surface area contributed by atoms with E-state index < -0.39 is 17.4 Å². The second kappa shape index (κ2) is 14.7. The minimum atomic E-state index is -1.41. The first-order valence-corrected chi connectivity index (χ1v) is 15.7. The van der Waals surface area contributed by atoms with Crippen LogP contribution < -0.4 is 0 Å². The Bertz CT molecular complexity index is 1030. The Kier molecular flexibility index (Phi) is 11.3.